The summed E-state index contributed by atoms with van der Waals surface area (Å²) in [5.41, 5.74) is 1.92. The molecule has 128 valence electrons. The minimum atomic E-state index is -0.460. The van der Waals surface area contributed by atoms with Crippen LogP contribution in [0.5, 0.6) is 0 Å². The number of hydrogen-bond acceptors (Lipinski definition) is 5. The lowest BCUT2D eigenvalue weighted by Gasteiger charge is -2.09. The Balaban J connectivity index is 1.79. The van der Waals surface area contributed by atoms with E-state index < -0.39 is 5.82 Å². The van der Waals surface area contributed by atoms with Crippen LogP contribution in [0.1, 0.15) is 15.4 Å². The second-order valence-corrected chi connectivity index (χ2v) is 6.89. The average molecular weight is 364 g/mol. The molecule has 0 atom stereocenters. The maximum atomic E-state index is 13.0. The Morgan fingerprint density at radius 3 is 2.73 bits per heavy atom. The van der Waals surface area contributed by atoms with Gasteiger partial charge in [-0.3, -0.25) is 9.78 Å². The van der Waals surface area contributed by atoms with E-state index in [1.165, 1.54) is 12.1 Å². The van der Waals surface area contributed by atoms with Crippen LogP contribution < -0.4 is 5.32 Å². The van der Waals surface area contributed by atoms with Crippen molar-refractivity contribution in [2.24, 2.45) is 0 Å². The average Bonchev–Trinajstić information content (AvgIpc) is 3.09. The zero-order chi connectivity index (χ0) is 18.1. The van der Waals surface area contributed by atoms with Crippen molar-refractivity contribution in [3.63, 3.8) is 0 Å². The molecule has 0 unspecified atom stereocenters. The lowest BCUT2D eigenvalue weighted by molar-refractivity contribution is 0.102. The highest BCUT2D eigenvalue weighted by Crippen LogP contribution is 2.30. The van der Waals surface area contributed by atoms with Crippen LogP contribution in [0, 0.1) is 12.7 Å². The number of nitrogens with one attached hydrogen (secondary N) is 1. The molecule has 0 aliphatic rings. The van der Waals surface area contributed by atoms with Crippen molar-refractivity contribution in [3.8, 4) is 10.4 Å². The summed E-state index contributed by atoms with van der Waals surface area (Å²) in [7, 11) is 0. The van der Waals surface area contributed by atoms with E-state index in [1.54, 1.807) is 29.8 Å². The highest BCUT2D eigenvalue weighted by atomic mass is 32.1. The molecule has 0 spiro atoms. The number of anilines is 1. The highest BCUT2D eigenvalue weighted by molar-refractivity contribution is 7.15. The summed E-state index contributed by atoms with van der Waals surface area (Å²) in [6, 6.07) is 10.2. The largest absolute Gasteiger partial charge is 0.306 e. The van der Waals surface area contributed by atoms with Gasteiger partial charge in [-0.05, 0) is 42.8 Å². The van der Waals surface area contributed by atoms with Crippen molar-refractivity contribution in [1.82, 2.24) is 15.0 Å². The number of amides is 1. The van der Waals surface area contributed by atoms with E-state index in [-0.39, 0.29) is 11.7 Å². The summed E-state index contributed by atoms with van der Waals surface area (Å²) in [4.78, 5) is 26.3. The van der Waals surface area contributed by atoms with Gasteiger partial charge in [-0.25, -0.2) is 14.4 Å². The van der Waals surface area contributed by atoms with Crippen molar-refractivity contribution in [3.05, 3.63) is 71.4 Å². The minimum absolute atomic E-state index is 0.277. The van der Waals surface area contributed by atoms with Gasteiger partial charge in [-0.1, -0.05) is 6.07 Å². The number of hydrogen-bond donors (Lipinski definition) is 1. The van der Waals surface area contributed by atoms with E-state index >= 15 is 0 Å². The standard InChI is InChI=1S/C19H13FN4OS/c1-11-22-10-16(26-11)13-7-12-3-2-6-21-18(12)15(8-13)19(25)24-17-5-4-14(20)9-23-17/h2-10H,1H3,(H,23,24,25). The Hall–Kier alpha value is -3.19. The van der Waals surface area contributed by atoms with Gasteiger partial charge in [0, 0.05) is 17.8 Å². The Labute approximate surface area is 152 Å². The first-order valence-corrected chi connectivity index (χ1v) is 8.66. The second kappa shape index (κ2) is 6.61. The third kappa shape index (κ3) is 3.16. The first-order valence-electron chi connectivity index (χ1n) is 7.84. The number of fused-ring (bicyclic) bond motifs is 1. The number of aryl methyl sites for hydroxylation is 1. The molecular formula is C19H13FN4OS. The van der Waals surface area contributed by atoms with Gasteiger partial charge in [0.25, 0.3) is 5.91 Å². The first kappa shape index (κ1) is 16.3. The van der Waals surface area contributed by atoms with Crippen molar-refractivity contribution in [2.45, 2.75) is 6.92 Å². The molecule has 0 bridgehead atoms. The summed E-state index contributed by atoms with van der Waals surface area (Å²) < 4.78 is 13.0. The quantitative estimate of drug-likeness (QED) is 0.583. The molecule has 3 heterocycles. The highest BCUT2D eigenvalue weighted by Gasteiger charge is 2.15. The van der Waals surface area contributed by atoms with Crippen LogP contribution in [0.25, 0.3) is 21.3 Å². The molecule has 0 radical (unpaired) electrons. The number of thiazole rings is 1. The van der Waals surface area contributed by atoms with Gasteiger partial charge in [0.15, 0.2) is 0 Å². The molecule has 4 rings (SSSR count). The fraction of sp³-hybridized carbons (Fsp3) is 0.0526. The Kier molecular flexibility index (Phi) is 4.14. The van der Waals surface area contributed by atoms with Crippen molar-refractivity contribution in [1.29, 1.82) is 0 Å². The van der Waals surface area contributed by atoms with Gasteiger partial charge in [-0.2, -0.15) is 0 Å². The van der Waals surface area contributed by atoms with E-state index in [9.17, 15) is 9.18 Å². The maximum absolute atomic E-state index is 13.0. The van der Waals surface area contributed by atoms with Gasteiger partial charge >= 0.3 is 0 Å². The minimum Gasteiger partial charge on any atom is -0.306 e. The van der Waals surface area contributed by atoms with Crippen LogP contribution in [-0.2, 0) is 0 Å². The number of nitrogens with zero attached hydrogens (tertiary/aromatic N) is 3. The molecule has 7 heteroatoms. The van der Waals surface area contributed by atoms with Crippen LogP contribution in [0.4, 0.5) is 10.2 Å². The predicted molar refractivity (Wildman–Crippen MR) is 99.7 cm³/mol. The van der Waals surface area contributed by atoms with Crippen molar-refractivity contribution in [2.75, 3.05) is 5.32 Å². The number of carbonyl (C=O) groups is 1. The molecule has 0 saturated carbocycles. The molecule has 3 aromatic heterocycles. The number of aromatic nitrogens is 3. The zero-order valence-electron chi connectivity index (χ0n) is 13.7. The molecular weight excluding hydrogens is 351 g/mol. The van der Waals surface area contributed by atoms with E-state index in [0.29, 0.717) is 11.1 Å². The topological polar surface area (TPSA) is 67.8 Å². The summed E-state index contributed by atoms with van der Waals surface area (Å²) in [6.45, 7) is 1.94. The monoisotopic (exact) mass is 364 g/mol. The Morgan fingerprint density at radius 1 is 1.12 bits per heavy atom. The van der Waals surface area contributed by atoms with Crippen LogP contribution in [0.2, 0.25) is 0 Å². The molecule has 1 N–H and O–H groups in total. The predicted octanol–water partition coefficient (Wildman–Crippen LogP) is 4.45. The normalized spacial score (nSPS) is 10.8. The smallest absolute Gasteiger partial charge is 0.259 e. The lowest BCUT2D eigenvalue weighted by Crippen LogP contribution is -2.14. The number of rotatable bonds is 3. The Morgan fingerprint density at radius 2 is 2.00 bits per heavy atom. The van der Waals surface area contributed by atoms with Crippen molar-refractivity contribution >= 4 is 34.0 Å². The number of pyridine rings is 2. The van der Waals surface area contributed by atoms with E-state index in [0.717, 1.165) is 27.0 Å². The van der Waals surface area contributed by atoms with Crippen LogP contribution in [-0.4, -0.2) is 20.9 Å². The molecule has 5 nitrogen and oxygen atoms in total. The lowest BCUT2D eigenvalue weighted by atomic mass is 10.0. The zero-order valence-corrected chi connectivity index (χ0v) is 14.5. The third-order valence-electron chi connectivity index (χ3n) is 3.82. The molecule has 0 aliphatic carbocycles. The van der Waals surface area contributed by atoms with Gasteiger partial charge in [0.2, 0.25) is 0 Å². The molecule has 26 heavy (non-hydrogen) atoms. The van der Waals surface area contributed by atoms with Gasteiger partial charge in [0.1, 0.15) is 11.6 Å². The summed E-state index contributed by atoms with van der Waals surface area (Å²) >= 11 is 1.56. The van der Waals surface area contributed by atoms with E-state index in [1.807, 2.05) is 25.1 Å². The number of benzene rings is 1. The summed E-state index contributed by atoms with van der Waals surface area (Å²) in [5.74, 6) is -0.534. The maximum Gasteiger partial charge on any atom is 0.259 e. The van der Waals surface area contributed by atoms with Crippen molar-refractivity contribution < 1.29 is 9.18 Å². The first-order chi connectivity index (χ1) is 12.6. The van der Waals surface area contributed by atoms with Crippen LogP contribution >= 0.6 is 11.3 Å². The molecule has 0 fully saturated rings. The van der Waals surface area contributed by atoms with E-state index in [2.05, 4.69) is 20.3 Å². The Bertz CT molecular complexity index is 1110. The fourth-order valence-electron chi connectivity index (χ4n) is 2.64. The number of carbonyl (C=O) groups excluding carboxylic acids is 1. The van der Waals surface area contributed by atoms with Crippen LogP contribution in [0.3, 0.4) is 0 Å². The fourth-order valence-corrected chi connectivity index (χ4v) is 3.40. The molecule has 1 aromatic carbocycles. The molecule has 4 aromatic rings. The van der Waals surface area contributed by atoms with Gasteiger partial charge in [0.05, 0.1) is 27.2 Å². The van der Waals surface area contributed by atoms with Gasteiger partial charge < -0.3 is 5.32 Å². The van der Waals surface area contributed by atoms with Gasteiger partial charge in [-0.15, -0.1) is 11.3 Å². The second-order valence-electron chi connectivity index (χ2n) is 5.66. The third-order valence-corrected chi connectivity index (χ3v) is 4.79. The SMILES string of the molecule is Cc1ncc(-c2cc(C(=O)Nc3ccc(F)cn3)c3ncccc3c2)s1. The molecule has 1 amide bonds. The molecule has 0 saturated heterocycles. The summed E-state index contributed by atoms with van der Waals surface area (Å²) in [5, 5.41) is 4.50. The molecule has 0 aliphatic heterocycles. The summed E-state index contributed by atoms with van der Waals surface area (Å²) in [6.07, 6.45) is 4.50. The number of halogens is 1. The van der Waals surface area contributed by atoms with Crippen LogP contribution in [0.15, 0.2) is 55.0 Å². The van der Waals surface area contributed by atoms with E-state index in [4.69, 9.17) is 0 Å².